The highest BCUT2D eigenvalue weighted by Gasteiger charge is 2.31. The van der Waals surface area contributed by atoms with Crippen LogP contribution in [0.1, 0.15) is 67.6 Å². The van der Waals surface area contributed by atoms with Gasteiger partial charge in [-0.3, -0.25) is 4.98 Å². The van der Waals surface area contributed by atoms with Gasteiger partial charge in [0.15, 0.2) is 19.9 Å². The Labute approximate surface area is 179 Å². The van der Waals surface area contributed by atoms with Gasteiger partial charge >= 0.3 is 6.03 Å². The number of aryl methyl sites for hydroxylation is 1. The Kier molecular flexibility index (Phi) is 5.24. The lowest BCUT2D eigenvalue weighted by atomic mass is 10.0. The molecule has 2 aromatic rings. The van der Waals surface area contributed by atoms with Crippen molar-refractivity contribution < 1.29 is 18.5 Å². The molecule has 4 rings (SSSR count). The first-order chi connectivity index (χ1) is 14.0. The van der Waals surface area contributed by atoms with Crippen molar-refractivity contribution >= 4 is 33.0 Å². The fraction of sp³-hybridized carbons (Fsp3) is 0.500. The number of thiophene rings is 1. The molecule has 0 bridgehead atoms. The van der Waals surface area contributed by atoms with E-state index in [2.05, 4.69) is 16.6 Å². The molecule has 0 radical (unpaired) electrons. The largest absolute Gasteiger partial charge is 0.386 e. The Morgan fingerprint density at radius 2 is 2.13 bits per heavy atom. The molecule has 10 heteroatoms. The molecule has 1 unspecified atom stereocenters. The summed E-state index contributed by atoms with van der Waals surface area (Å²) in [5, 5.41) is 19.9. The quantitative estimate of drug-likeness (QED) is 0.653. The van der Waals surface area contributed by atoms with Crippen LogP contribution in [-0.4, -0.2) is 20.3 Å². The molecule has 0 aromatic carbocycles. The lowest BCUT2D eigenvalue weighted by Gasteiger charge is -2.16. The highest BCUT2D eigenvalue weighted by atomic mass is 32.2. The van der Waals surface area contributed by atoms with Crippen LogP contribution in [0.3, 0.4) is 0 Å². The number of pyridine rings is 1. The molecule has 2 heterocycles. The standard InChI is InChI=1S/C20H25FN4O3S2/c1-10-7-8-12-16(10)23-14-6-4-5-11(14)17(12)24-19(26)25-30(22,28)18-15(21)13(9-29-18)20(2,3)27/h9-10,27H,4-8H2,1-3H3,(H3,22,23,24,25,26,28)/t10-,30?/m1/s1. The zero-order chi connectivity index (χ0) is 21.8. The fourth-order valence-corrected chi connectivity index (χ4v) is 6.56. The Morgan fingerprint density at radius 1 is 1.40 bits per heavy atom. The minimum Gasteiger partial charge on any atom is -0.386 e. The maximum Gasteiger partial charge on any atom is 0.354 e. The monoisotopic (exact) mass is 452 g/mol. The number of aliphatic hydroxyl groups is 1. The van der Waals surface area contributed by atoms with Crippen LogP contribution in [0.4, 0.5) is 14.9 Å². The van der Waals surface area contributed by atoms with Gasteiger partial charge in [-0.15, -0.1) is 15.7 Å². The topological polar surface area (TPSA) is 118 Å². The summed E-state index contributed by atoms with van der Waals surface area (Å²) < 4.78 is 30.9. The summed E-state index contributed by atoms with van der Waals surface area (Å²) in [4.78, 5) is 17.5. The molecular weight excluding hydrogens is 427 g/mol. The van der Waals surface area contributed by atoms with Gasteiger partial charge in [0.25, 0.3) is 0 Å². The molecule has 2 aliphatic rings. The minimum absolute atomic E-state index is 0.0324. The third-order valence-electron chi connectivity index (χ3n) is 5.73. The van der Waals surface area contributed by atoms with Crippen LogP contribution >= 0.6 is 11.3 Å². The summed E-state index contributed by atoms with van der Waals surface area (Å²) in [6.45, 7) is 4.94. The van der Waals surface area contributed by atoms with Crippen LogP contribution in [0.2, 0.25) is 0 Å². The van der Waals surface area contributed by atoms with E-state index >= 15 is 0 Å². The number of urea groups is 1. The van der Waals surface area contributed by atoms with Gasteiger partial charge < -0.3 is 10.4 Å². The van der Waals surface area contributed by atoms with Crippen molar-refractivity contribution in [2.75, 3.05) is 5.32 Å². The van der Waals surface area contributed by atoms with Crippen molar-refractivity contribution in [3.8, 4) is 0 Å². The highest BCUT2D eigenvalue weighted by molar-refractivity contribution is 7.93. The molecule has 2 amide bonds. The molecule has 0 aliphatic heterocycles. The molecule has 30 heavy (non-hydrogen) atoms. The number of nitrogens with zero attached hydrogens (tertiary/aromatic N) is 2. The third kappa shape index (κ3) is 3.66. The van der Waals surface area contributed by atoms with Crippen molar-refractivity contribution in [2.24, 2.45) is 9.50 Å². The normalized spacial score (nSPS) is 19.9. The van der Waals surface area contributed by atoms with E-state index in [9.17, 15) is 18.5 Å². The van der Waals surface area contributed by atoms with Crippen LogP contribution in [0, 0.1) is 5.82 Å². The molecule has 2 atom stereocenters. The van der Waals surface area contributed by atoms with E-state index in [0.717, 1.165) is 66.0 Å². The Balaban J connectivity index is 1.69. The fourth-order valence-electron chi connectivity index (χ4n) is 4.18. The van der Waals surface area contributed by atoms with Crippen molar-refractivity contribution in [1.29, 1.82) is 0 Å². The zero-order valence-electron chi connectivity index (χ0n) is 17.1. The van der Waals surface area contributed by atoms with E-state index in [4.69, 9.17) is 10.1 Å². The number of fused-ring (bicyclic) bond motifs is 2. The highest BCUT2D eigenvalue weighted by Crippen LogP contribution is 2.41. The van der Waals surface area contributed by atoms with Crippen LogP contribution in [0.25, 0.3) is 0 Å². The van der Waals surface area contributed by atoms with E-state index in [1.807, 2.05) is 0 Å². The maximum atomic E-state index is 14.7. The van der Waals surface area contributed by atoms with Crippen molar-refractivity contribution in [3.63, 3.8) is 0 Å². The van der Waals surface area contributed by atoms with E-state index in [1.165, 1.54) is 19.2 Å². The number of halogens is 1. The van der Waals surface area contributed by atoms with Gasteiger partial charge in [0.1, 0.15) is 0 Å². The molecule has 162 valence electrons. The number of carbonyl (C=O) groups is 1. The second-order valence-corrected chi connectivity index (χ2v) is 11.3. The summed E-state index contributed by atoms with van der Waals surface area (Å²) in [6, 6.07) is -0.873. The maximum absolute atomic E-state index is 14.7. The number of hydrogen-bond donors (Lipinski definition) is 3. The average molecular weight is 453 g/mol. The number of amides is 2. The van der Waals surface area contributed by atoms with Gasteiger partial charge in [0, 0.05) is 22.3 Å². The Morgan fingerprint density at radius 3 is 2.80 bits per heavy atom. The molecule has 2 aliphatic carbocycles. The van der Waals surface area contributed by atoms with Gasteiger partial charge in [-0.1, -0.05) is 6.92 Å². The van der Waals surface area contributed by atoms with Crippen LogP contribution in [-0.2, 0) is 34.8 Å². The number of hydrogen-bond acceptors (Lipinski definition) is 5. The first-order valence-electron chi connectivity index (χ1n) is 9.89. The van der Waals surface area contributed by atoms with Gasteiger partial charge in [-0.25, -0.2) is 18.5 Å². The van der Waals surface area contributed by atoms with Crippen molar-refractivity contribution in [3.05, 3.63) is 39.3 Å². The molecule has 0 fully saturated rings. The van der Waals surface area contributed by atoms with E-state index in [-0.39, 0.29) is 9.77 Å². The summed E-state index contributed by atoms with van der Waals surface area (Å²) in [7, 11) is -3.81. The van der Waals surface area contributed by atoms with Crippen LogP contribution < -0.4 is 10.5 Å². The number of nitrogens with one attached hydrogen (secondary N) is 1. The van der Waals surface area contributed by atoms with Crippen molar-refractivity contribution in [1.82, 2.24) is 4.98 Å². The number of anilines is 1. The average Bonchev–Trinajstić information content (AvgIpc) is 3.33. The van der Waals surface area contributed by atoms with E-state index in [0.29, 0.717) is 11.6 Å². The smallest absolute Gasteiger partial charge is 0.354 e. The van der Waals surface area contributed by atoms with E-state index in [1.54, 1.807) is 0 Å². The lowest BCUT2D eigenvalue weighted by molar-refractivity contribution is 0.0748. The second kappa shape index (κ2) is 7.37. The molecule has 0 spiro atoms. The third-order valence-corrected chi connectivity index (χ3v) is 8.63. The zero-order valence-corrected chi connectivity index (χ0v) is 18.8. The number of rotatable bonds is 3. The van der Waals surface area contributed by atoms with Gasteiger partial charge in [-0.05, 0) is 63.0 Å². The lowest BCUT2D eigenvalue weighted by Crippen LogP contribution is -2.20. The predicted molar refractivity (Wildman–Crippen MR) is 115 cm³/mol. The molecule has 4 N–H and O–H groups in total. The van der Waals surface area contributed by atoms with Crippen molar-refractivity contribution in [2.45, 2.75) is 68.6 Å². The SMILES string of the molecule is C[C@@H]1CCc2c1nc1c(c2NC(=O)N=S(N)(=O)c2scc(C(C)(C)O)c2F)CCC1. The second-order valence-electron chi connectivity index (χ2n) is 8.47. The summed E-state index contributed by atoms with van der Waals surface area (Å²) in [6.07, 6.45) is 4.40. The molecular formula is C20H25FN4O3S2. The summed E-state index contributed by atoms with van der Waals surface area (Å²) in [5.74, 6) is -0.575. The van der Waals surface area contributed by atoms with Crippen LogP contribution in [0.15, 0.2) is 14.0 Å². The van der Waals surface area contributed by atoms with Crippen LogP contribution in [0.5, 0.6) is 0 Å². The molecule has 2 aromatic heterocycles. The summed E-state index contributed by atoms with van der Waals surface area (Å²) in [5.41, 5.74) is 3.19. The van der Waals surface area contributed by atoms with E-state index < -0.39 is 27.4 Å². The summed E-state index contributed by atoms with van der Waals surface area (Å²) >= 11 is 0.780. The first kappa shape index (κ1) is 21.4. The Hall–Kier alpha value is -1.88. The van der Waals surface area contributed by atoms with Gasteiger partial charge in [0.05, 0.1) is 11.3 Å². The number of aromatic nitrogens is 1. The first-order valence-corrected chi connectivity index (χ1v) is 12.3. The number of carbonyl (C=O) groups excluding carboxylic acids is 1. The molecule has 0 saturated carbocycles. The Bertz CT molecular complexity index is 1160. The predicted octanol–water partition coefficient (Wildman–Crippen LogP) is 3.98. The minimum atomic E-state index is -3.81. The molecule has 0 saturated heterocycles. The number of nitrogens with two attached hydrogens (primary N) is 1. The van der Waals surface area contributed by atoms with Gasteiger partial charge in [-0.2, -0.15) is 0 Å². The molecule has 7 nitrogen and oxygen atoms in total. The van der Waals surface area contributed by atoms with Gasteiger partial charge in [0.2, 0.25) is 0 Å².